The average Bonchev–Trinajstić information content (AvgIpc) is 3.27. The van der Waals surface area contributed by atoms with Gasteiger partial charge in [0.15, 0.2) is 0 Å². The summed E-state index contributed by atoms with van der Waals surface area (Å²) >= 11 is 0. The van der Waals surface area contributed by atoms with Crippen molar-refractivity contribution in [3.05, 3.63) is 53.1 Å². The van der Waals surface area contributed by atoms with E-state index < -0.39 is 0 Å². The second-order valence-corrected chi connectivity index (χ2v) is 7.46. The summed E-state index contributed by atoms with van der Waals surface area (Å²) in [4.78, 5) is 26.0. The highest BCUT2D eigenvalue weighted by Crippen LogP contribution is 2.31. The normalized spacial score (nSPS) is 15.9. The smallest absolute Gasteiger partial charge is 0.246 e. The fourth-order valence-electron chi connectivity index (χ4n) is 4.03. The van der Waals surface area contributed by atoms with Gasteiger partial charge in [-0.05, 0) is 79.6 Å². The van der Waals surface area contributed by atoms with E-state index in [1.165, 1.54) is 17.5 Å². The predicted molar refractivity (Wildman–Crippen MR) is 108 cm³/mol. The molecule has 1 aliphatic carbocycles. The number of hydrogen-bond acceptors (Lipinski definition) is 3. The van der Waals surface area contributed by atoms with E-state index in [-0.39, 0.29) is 17.9 Å². The van der Waals surface area contributed by atoms with Crippen LogP contribution in [0, 0.1) is 0 Å². The summed E-state index contributed by atoms with van der Waals surface area (Å²) in [6.07, 6.45) is 4.28. The molecule has 0 unspecified atom stereocenters. The Morgan fingerprint density at radius 2 is 1.70 bits per heavy atom. The maximum absolute atomic E-state index is 12.6. The Morgan fingerprint density at radius 1 is 0.963 bits per heavy atom. The third-order valence-electron chi connectivity index (χ3n) is 5.50. The Labute approximate surface area is 159 Å². The second kappa shape index (κ2) is 7.06. The minimum atomic E-state index is -0.360. The summed E-state index contributed by atoms with van der Waals surface area (Å²) < 4.78 is 0. The van der Waals surface area contributed by atoms with E-state index in [1.54, 1.807) is 11.8 Å². The highest BCUT2D eigenvalue weighted by Gasteiger charge is 2.23. The van der Waals surface area contributed by atoms with Gasteiger partial charge in [-0.2, -0.15) is 0 Å². The minimum Gasteiger partial charge on any atom is -0.374 e. The molecule has 2 amide bonds. The lowest BCUT2D eigenvalue weighted by molar-refractivity contribution is -0.117. The maximum Gasteiger partial charge on any atom is 0.246 e. The van der Waals surface area contributed by atoms with Crippen LogP contribution in [0.5, 0.6) is 0 Å². The van der Waals surface area contributed by atoms with Crippen LogP contribution in [0.4, 0.5) is 17.1 Å². The molecule has 4 rings (SSSR count). The molecule has 1 aliphatic heterocycles. The average molecular weight is 363 g/mol. The van der Waals surface area contributed by atoms with Gasteiger partial charge >= 0.3 is 0 Å². The number of amides is 2. The number of aryl methyl sites for hydroxylation is 2. The number of benzene rings is 2. The molecule has 0 spiro atoms. The Bertz CT molecular complexity index is 906. The van der Waals surface area contributed by atoms with Crippen LogP contribution in [0.25, 0.3) is 0 Å². The summed E-state index contributed by atoms with van der Waals surface area (Å²) in [7, 11) is 0. The molecule has 5 nitrogen and oxygen atoms in total. The molecule has 2 aromatic carbocycles. The molecule has 140 valence electrons. The number of carbonyl (C=O) groups is 2. The van der Waals surface area contributed by atoms with Crippen molar-refractivity contribution in [2.24, 2.45) is 0 Å². The first-order chi connectivity index (χ1) is 13.0. The van der Waals surface area contributed by atoms with Crippen LogP contribution in [0.1, 0.15) is 37.0 Å². The van der Waals surface area contributed by atoms with E-state index in [0.29, 0.717) is 0 Å². The number of hydrogen-bond donors (Lipinski definition) is 2. The number of nitrogens with one attached hydrogen (secondary N) is 2. The van der Waals surface area contributed by atoms with E-state index in [1.807, 2.05) is 31.2 Å². The van der Waals surface area contributed by atoms with Gasteiger partial charge in [-0.3, -0.25) is 9.59 Å². The summed E-state index contributed by atoms with van der Waals surface area (Å²) in [5, 5.41) is 6.28. The summed E-state index contributed by atoms with van der Waals surface area (Å²) in [5.74, 6) is 0.00959. The SMILES string of the molecule is CC(=O)N1CCc2cc(N[C@@H](C)C(=O)Nc3ccc4c(c3)CCC4)ccc21. The quantitative estimate of drug-likeness (QED) is 0.874. The number of fused-ring (bicyclic) bond motifs is 2. The third kappa shape index (κ3) is 3.54. The van der Waals surface area contributed by atoms with Gasteiger partial charge in [-0.15, -0.1) is 0 Å². The second-order valence-electron chi connectivity index (χ2n) is 7.46. The molecule has 2 N–H and O–H groups in total. The van der Waals surface area contributed by atoms with Crippen LogP contribution in [0.3, 0.4) is 0 Å². The summed E-state index contributed by atoms with van der Waals surface area (Å²) in [6, 6.07) is 11.8. The standard InChI is InChI=1S/C22H25N3O2/c1-14(22(27)24-20-7-6-16-4-3-5-17(16)12-20)23-19-8-9-21-18(13-19)10-11-25(21)15(2)26/h6-9,12-14,23H,3-5,10-11H2,1-2H3,(H,24,27)/t14-/m0/s1. The molecule has 0 radical (unpaired) electrons. The van der Waals surface area contributed by atoms with Crippen molar-refractivity contribution in [1.29, 1.82) is 0 Å². The Balaban J connectivity index is 1.41. The topological polar surface area (TPSA) is 61.4 Å². The largest absolute Gasteiger partial charge is 0.374 e. The van der Waals surface area contributed by atoms with E-state index in [2.05, 4.69) is 22.8 Å². The lowest BCUT2D eigenvalue weighted by Crippen LogP contribution is -2.32. The maximum atomic E-state index is 12.6. The lowest BCUT2D eigenvalue weighted by Gasteiger charge is -2.18. The molecule has 5 heteroatoms. The fourth-order valence-corrected chi connectivity index (χ4v) is 4.03. The predicted octanol–water partition coefficient (Wildman–Crippen LogP) is 3.52. The van der Waals surface area contributed by atoms with Crippen LogP contribution in [0.2, 0.25) is 0 Å². The van der Waals surface area contributed by atoms with Gasteiger partial charge in [-0.25, -0.2) is 0 Å². The van der Waals surface area contributed by atoms with Gasteiger partial charge in [0.25, 0.3) is 0 Å². The van der Waals surface area contributed by atoms with Crippen molar-refractivity contribution < 1.29 is 9.59 Å². The van der Waals surface area contributed by atoms with Gasteiger partial charge in [-0.1, -0.05) is 6.07 Å². The van der Waals surface area contributed by atoms with E-state index in [9.17, 15) is 9.59 Å². The van der Waals surface area contributed by atoms with Gasteiger partial charge in [0, 0.05) is 30.5 Å². The van der Waals surface area contributed by atoms with Gasteiger partial charge in [0.1, 0.15) is 6.04 Å². The van der Waals surface area contributed by atoms with Gasteiger partial charge < -0.3 is 15.5 Å². The molecular formula is C22H25N3O2. The van der Waals surface area contributed by atoms with Crippen LogP contribution in [-0.2, 0) is 28.9 Å². The lowest BCUT2D eigenvalue weighted by atomic mass is 10.1. The van der Waals surface area contributed by atoms with Crippen LogP contribution < -0.4 is 15.5 Å². The van der Waals surface area contributed by atoms with Crippen LogP contribution >= 0.6 is 0 Å². The molecule has 2 aliphatic rings. The van der Waals surface area contributed by atoms with E-state index >= 15 is 0 Å². The molecular weight excluding hydrogens is 338 g/mol. The van der Waals surface area contributed by atoms with Crippen molar-refractivity contribution in [3.8, 4) is 0 Å². The van der Waals surface area contributed by atoms with Crippen molar-refractivity contribution >= 4 is 28.9 Å². The molecule has 0 aromatic heterocycles. The molecule has 1 atom stereocenters. The Hall–Kier alpha value is -2.82. The van der Waals surface area contributed by atoms with Gasteiger partial charge in [0.2, 0.25) is 11.8 Å². The highest BCUT2D eigenvalue weighted by atomic mass is 16.2. The summed E-state index contributed by atoms with van der Waals surface area (Å²) in [5.41, 5.74) is 6.62. The molecule has 0 saturated heterocycles. The molecule has 27 heavy (non-hydrogen) atoms. The first kappa shape index (κ1) is 17.6. The molecule has 1 heterocycles. The first-order valence-electron chi connectivity index (χ1n) is 9.61. The Kier molecular flexibility index (Phi) is 4.60. The number of carbonyl (C=O) groups excluding carboxylic acids is 2. The Morgan fingerprint density at radius 3 is 2.52 bits per heavy atom. The minimum absolute atomic E-state index is 0.0567. The zero-order valence-corrected chi connectivity index (χ0v) is 15.8. The van der Waals surface area contributed by atoms with Crippen molar-refractivity contribution in [2.75, 3.05) is 22.1 Å². The molecule has 2 aromatic rings. The molecule has 0 bridgehead atoms. The number of nitrogens with zero attached hydrogens (tertiary/aromatic N) is 1. The number of anilines is 3. The third-order valence-corrected chi connectivity index (χ3v) is 5.50. The van der Waals surface area contributed by atoms with E-state index in [4.69, 9.17) is 0 Å². The first-order valence-corrected chi connectivity index (χ1v) is 9.61. The van der Waals surface area contributed by atoms with Crippen molar-refractivity contribution in [2.45, 2.75) is 45.6 Å². The van der Waals surface area contributed by atoms with Crippen LogP contribution in [-0.4, -0.2) is 24.4 Å². The van der Waals surface area contributed by atoms with E-state index in [0.717, 1.165) is 48.4 Å². The van der Waals surface area contributed by atoms with Crippen molar-refractivity contribution in [1.82, 2.24) is 0 Å². The number of rotatable bonds is 4. The molecule has 0 fully saturated rings. The highest BCUT2D eigenvalue weighted by molar-refractivity contribution is 5.97. The monoisotopic (exact) mass is 363 g/mol. The van der Waals surface area contributed by atoms with Crippen molar-refractivity contribution in [3.63, 3.8) is 0 Å². The van der Waals surface area contributed by atoms with Gasteiger partial charge in [0.05, 0.1) is 0 Å². The zero-order valence-electron chi connectivity index (χ0n) is 15.8. The fraction of sp³-hybridized carbons (Fsp3) is 0.364. The molecule has 0 saturated carbocycles. The zero-order chi connectivity index (χ0) is 19.0. The summed E-state index contributed by atoms with van der Waals surface area (Å²) in [6.45, 7) is 4.17. The van der Waals surface area contributed by atoms with Crippen LogP contribution in [0.15, 0.2) is 36.4 Å².